The van der Waals surface area contributed by atoms with Gasteiger partial charge in [-0.05, 0) is 25.1 Å². The normalized spacial score (nSPS) is 10.4. The largest absolute Gasteiger partial charge is 0.360 e. The zero-order valence-electron chi connectivity index (χ0n) is 12.9. The molecule has 0 fully saturated rings. The number of carbonyl (C=O) groups excluding carboxylic acids is 1. The lowest BCUT2D eigenvalue weighted by atomic mass is 10.2. The zero-order valence-corrected chi connectivity index (χ0v) is 12.9. The van der Waals surface area contributed by atoms with E-state index >= 15 is 0 Å². The van der Waals surface area contributed by atoms with Crippen molar-refractivity contribution in [3.05, 3.63) is 71.5 Å². The number of amides is 1. The highest BCUT2D eigenvalue weighted by atomic mass is 19.1. The van der Waals surface area contributed by atoms with Gasteiger partial charge in [-0.15, -0.1) is 0 Å². The molecule has 0 radical (unpaired) electrons. The third kappa shape index (κ3) is 3.75. The Balaban J connectivity index is 1.67. The number of hydrogen-bond acceptors (Lipinski definition) is 5. The Morgan fingerprint density at radius 2 is 2.08 bits per heavy atom. The fraction of sp³-hybridized carbons (Fsp3) is 0.118. The van der Waals surface area contributed by atoms with Crippen LogP contribution >= 0.6 is 0 Å². The van der Waals surface area contributed by atoms with Crippen molar-refractivity contribution < 1.29 is 13.7 Å². The SMILES string of the molecule is Cc1cc(Nc2ccnc(C(=O)NCc3ccccc3F)c2)no1. The van der Waals surface area contributed by atoms with Gasteiger partial charge < -0.3 is 15.2 Å². The lowest BCUT2D eigenvalue weighted by molar-refractivity contribution is 0.0945. The summed E-state index contributed by atoms with van der Waals surface area (Å²) in [5, 5.41) is 9.49. The van der Waals surface area contributed by atoms with Crippen LogP contribution in [0.1, 0.15) is 21.8 Å². The topological polar surface area (TPSA) is 80.0 Å². The minimum atomic E-state index is -0.391. The molecule has 3 rings (SSSR count). The summed E-state index contributed by atoms with van der Waals surface area (Å²) in [4.78, 5) is 16.2. The van der Waals surface area contributed by atoms with Crippen molar-refractivity contribution >= 4 is 17.4 Å². The molecule has 0 spiro atoms. The van der Waals surface area contributed by atoms with Crippen LogP contribution in [0.5, 0.6) is 0 Å². The van der Waals surface area contributed by atoms with Crippen LogP contribution in [0.3, 0.4) is 0 Å². The highest BCUT2D eigenvalue weighted by Crippen LogP contribution is 2.16. The number of aromatic nitrogens is 2. The predicted octanol–water partition coefficient (Wildman–Crippen LogP) is 3.19. The van der Waals surface area contributed by atoms with Gasteiger partial charge in [0.1, 0.15) is 17.3 Å². The molecule has 0 atom stereocenters. The number of nitrogens with one attached hydrogen (secondary N) is 2. The smallest absolute Gasteiger partial charge is 0.270 e. The molecule has 2 N–H and O–H groups in total. The lowest BCUT2D eigenvalue weighted by Crippen LogP contribution is -2.24. The van der Waals surface area contributed by atoms with Crippen molar-refractivity contribution in [2.24, 2.45) is 0 Å². The molecule has 7 heteroatoms. The van der Waals surface area contributed by atoms with Crippen LogP contribution in [0.15, 0.2) is 53.2 Å². The second-order valence-electron chi connectivity index (χ2n) is 5.15. The molecule has 1 amide bonds. The standard InChI is InChI=1S/C17H15FN4O2/c1-11-8-16(22-24-11)21-13-6-7-19-15(9-13)17(23)20-10-12-4-2-3-5-14(12)18/h2-9H,10H2,1H3,(H,20,23)(H,19,21,22). The van der Waals surface area contributed by atoms with E-state index in [1.54, 1.807) is 43.3 Å². The summed E-state index contributed by atoms with van der Waals surface area (Å²) in [5.41, 5.74) is 1.28. The van der Waals surface area contributed by atoms with E-state index in [0.29, 0.717) is 22.8 Å². The maximum absolute atomic E-state index is 13.6. The van der Waals surface area contributed by atoms with Crippen LogP contribution < -0.4 is 10.6 Å². The third-order valence-corrected chi connectivity index (χ3v) is 3.29. The molecule has 0 saturated heterocycles. The number of pyridine rings is 1. The average molecular weight is 326 g/mol. The Morgan fingerprint density at radius 3 is 2.83 bits per heavy atom. The average Bonchev–Trinajstić information content (AvgIpc) is 2.99. The molecule has 2 aromatic heterocycles. The van der Waals surface area contributed by atoms with Gasteiger partial charge in [0.2, 0.25) is 0 Å². The van der Waals surface area contributed by atoms with Gasteiger partial charge in [-0.3, -0.25) is 9.78 Å². The first kappa shape index (κ1) is 15.7. The van der Waals surface area contributed by atoms with Crippen LogP contribution in [-0.2, 0) is 6.54 Å². The number of rotatable bonds is 5. The van der Waals surface area contributed by atoms with E-state index in [0.717, 1.165) is 0 Å². The van der Waals surface area contributed by atoms with E-state index in [2.05, 4.69) is 20.8 Å². The van der Waals surface area contributed by atoms with E-state index in [-0.39, 0.29) is 18.1 Å². The van der Waals surface area contributed by atoms with Crippen molar-refractivity contribution in [2.75, 3.05) is 5.32 Å². The molecule has 3 aromatic rings. The van der Waals surface area contributed by atoms with Crippen LogP contribution in [-0.4, -0.2) is 16.0 Å². The molecular formula is C17H15FN4O2. The van der Waals surface area contributed by atoms with Gasteiger partial charge >= 0.3 is 0 Å². The maximum atomic E-state index is 13.6. The van der Waals surface area contributed by atoms with E-state index < -0.39 is 5.91 Å². The second kappa shape index (κ2) is 6.91. The number of hydrogen-bond donors (Lipinski definition) is 2. The summed E-state index contributed by atoms with van der Waals surface area (Å²) in [6, 6.07) is 11.3. The molecular weight excluding hydrogens is 311 g/mol. The van der Waals surface area contributed by atoms with Gasteiger partial charge in [-0.25, -0.2) is 4.39 Å². The molecule has 0 saturated carbocycles. The Kier molecular flexibility index (Phi) is 4.51. The highest BCUT2D eigenvalue weighted by molar-refractivity contribution is 5.93. The van der Waals surface area contributed by atoms with E-state index in [9.17, 15) is 9.18 Å². The highest BCUT2D eigenvalue weighted by Gasteiger charge is 2.10. The molecule has 2 heterocycles. The summed E-state index contributed by atoms with van der Waals surface area (Å²) in [7, 11) is 0. The molecule has 0 aliphatic heterocycles. The third-order valence-electron chi connectivity index (χ3n) is 3.29. The first-order valence-electron chi connectivity index (χ1n) is 7.30. The second-order valence-corrected chi connectivity index (χ2v) is 5.15. The van der Waals surface area contributed by atoms with Crippen LogP contribution in [0, 0.1) is 12.7 Å². The van der Waals surface area contributed by atoms with Gasteiger partial charge in [0.15, 0.2) is 5.82 Å². The number of benzene rings is 1. The Morgan fingerprint density at radius 1 is 1.25 bits per heavy atom. The van der Waals surface area contributed by atoms with Crippen molar-refractivity contribution in [3.8, 4) is 0 Å². The number of aryl methyl sites for hydroxylation is 1. The van der Waals surface area contributed by atoms with Gasteiger partial charge in [0.05, 0.1) is 0 Å². The monoisotopic (exact) mass is 326 g/mol. The van der Waals surface area contributed by atoms with Gasteiger partial charge in [0.25, 0.3) is 5.91 Å². The van der Waals surface area contributed by atoms with E-state index in [1.807, 2.05) is 0 Å². The van der Waals surface area contributed by atoms with Crippen LogP contribution in [0.25, 0.3) is 0 Å². The molecule has 0 bridgehead atoms. The minimum Gasteiger partial charge on any atom is -0.360 e. The summed E-state index contributed by atoms with van der Waals surface area (Å²) in [6.45, 7) is 1.87. The van der Waals surface area contributed by atoms with Crippen LogP contribution in [0.4, 0.5) is 15.9 Å². The van der Waals surface area contributed by atoms with Crippen molar-refractivity contribution in [1.29, 1.82) is 0 Å². The van der Waals surface area contributed by atoms with E-state index in [1.165, 1.54) is 12.3 Å². The Hall–Kier alpha value is -3.22. The summed E-state index contributed by atoms with van der Waals surface area (Å²) < 4.78 is 18.5. The number of carbonyl (C=O) groups is 1. The van der Waals surface area contributed by atoms with Gasteiger partial charge in [0, 0.05) is 30.1 Å². The minimum absolute atomic E-state index is 0.0906. The van der Waals surface area contributed by atoms with Crippen molar-refractivity contribution in [3.63, 3.8) is 0 Å². The van der Waals surface area contributed by atoms with Crippen molar-refractivity contribution in [2.45, 2.75) is 13.5 Å². The van der Waals surface area contributed by atoms with Gasteiger partial charge in [-0.2, -0.15) is 0 Å². The molecule has 0 aliphatic carbocycles. The lowest BCUT2D eigenvalue weighted by Gasteiger charge is -2.07. The first-order chi connectivity index (χ1) is 11.6. The maximum Gasteiger partial charge on any atom is 0.270 e. The summed E-state index contributed by atoms with van der Waals surface area (Å²) >= 11 is 0. The first-order valence-corrected chi connectivity index (χ1v) is 7.30. The molecule has 0 unspecified atom stereocenters. The number of anilines is 2. The van der Waals surface area contributed by atoms with Crippen LogP contribution in [0.2, 0.25) is 0 Å². The van der Waals surface area contributed by atoms with Crippen molar-refractivity contribution in [1.82, 2.24) is 15.5 Å². The Bertz CT molecular complexity index is 863. The molecule has 24 heavy (non-hydrogen) atoms. The number of halogens is 1. The Labute approximate surface area is 137 Å². The summed E-state index contributed by atoms with van der Waals surface area (Å²) in [5.74, 6) is 0.464. The molecule has 122 valence electrons. The number of nitrogens with zero attached hydrogens (tertiary/aromatic N) is 2. The molecule has 0 aliphatic rings. The van der Waals surface area contributed by atoms with Gasteiger partial charge in [-0.1, -0.05) is 23.4 Å². The summed E-state index contributed by atoms with van der Waals surface area (Å²) in [6.07, 6.45) is 1.51. The quantitative estimate of drug-likeness (QED) is 0.752. The molecule has 1 aromatic carbocycles. The fourth-order valence-corrected chi connectivity index (χ4v) is 2.11. The van der Waals surface area contributed by atoms with E-state index in [4.69, 9.17) is 4.52 Å². The predicted molar refractivity (Wildman–Crippen MR) is 86.3 cm³/mol. The zero-order chi connectivity index (χ0) is 16.9. The fourth-order valence-electron chi connectivity index (χ4n) is 2.11. The molecule has 6 nitrogen and oxygen atoms in total.